The molecule has 17 heavy (non-hydrogen) atoms. The number of amides is 1. The Bertz CT molecular complexity index is 268. The number of nitrogens with two attached hydrogens (primary N) is 1. The van der Waals surface area contributed by atoms with Crippen molar-refractivity contribution in [3.63, 3.8) is 0 Å². The molecule has 0 spiro atoms. The van der Waals surface area contributed by atoms with Crippen LogP contribution >= 0.6 is 0 Å². The van der Waals surface area contributed by atoms with Crippen LogP contribution < -0.4 is 11.1 Å². The van der Waals surface area contributed by atoms with Crippen LogP contribution in [0.25, 0.3) is 0 Å². The van der Waals surface area contributed by atoms with Crippen molar-refractivity contribution >= 4 is 5.91 Å². The minimum atomic E-state index is -0.547. The molecule has 3 N–H and O–H groups in total. The van der Waals surface area contributed by atoms with E-state index in [2.05, 4.69) is 5.32 Å². The SMILES string of the molecule is CC[C@H](C)[C@H](N)C(=O)NCC1COC(C)(C)O1. The number of ether oxygens (including phenoxy) is 2. The third kappa shape index (κ3) is 4.26. The Morgan fingerprint density at radius 1 is 1.59 bits per heavy atom. The zero-order valence-corrected chi connectivity index (χ0v) is 11.2. The van der Waals surface area contributed by atoms with Gasteiger partial charge in [0.1, 0.15) is 6.10 Å². The highest BCUT2D eigenvalue weighted by Crippen LogP contribution is 2.21. The number of hydrogen-bond donors (Lipinski definition) is 2. The summed E-state index contributed by atoms with van der Waals surface area (Å²) in [7, 11) is 0. The van der Waals surface area contributed by atoms with Crippen LogP contribution in [-0.2, 0) is 14.3 Å². The molecule has 1 aliphatic heterocycles. The van der Waals surface area contributed by atoms with Gasteiger partial charge >= 0.3 is 0 Å². The van der Waals surface area contributed by atoms with Gasteiger partial charge in [-0.1, -0.05) is 20.3 Å². The highest BCUT2D eigenvalue weighted by Gasteiger charge is 2.33. The second kappa shape index (κ2) is 5.80. The van der Waals surface area contributed by atoms with E-state index in [1.165, 1.54) is 0 Å². The van der Waals surface area contributed by atoms with Crippen molar-refractivity contribution in [2.75, 3.05) is 13.2 Å². The van der Waals surface area contributed by atoms with Crippen LogP contribution in [0, 0.1) is 5.92 Å². The molecule has 0 aromatic heterocycles. The van der Waals surface area contributed by atoms with Gasteiger partial charge in [-0.2, -0.15) is 0 Å². The maximum Gasteiger partial charge on any atom is 0.237 e. The summed E-state index contributed by atoms with van der Waals surface area (Å²) in [4.78, 5) is 11.7. The fourth-order valence-corrected chi connectivity index (χ4v) is 1.71. The molecule has 100 valence electrons. The van der Waals surface area contributed by atoms with E-state index in [9.17, 15) is 4.79 Å². The molecule has 1 rings (SSSR count). The molecule has 0 aromatic rings. The smallest absolute Gasteiger partial charge is 0.237 e. The summed E-state index contributed by atoms with van der Waals surface area (Å²) in [5.41, 5.74) is 5.83. The predicted octanol–water partition coefficient (Wildman–Crippen LogP) is 0.628. The average Bonchev–Trinajstić information content (AvgIpc) is 2.63. The Kier molecular flexibility index (Phi) is 4.91. The van der Waals surface area contributed by atoms with E-state index >= 15 is 0 Å². The molecule has 5 nitrogen and oxygen atoms in total. The van der Waals surface area contributed by atoms with Crippen LogP contribution in [0.2, 0.25) is 0 Å². The Hall–Kier alpha value is -0.650. The number of rotatable bonds is 5. The lowest BCUT2D eigenvalue weighted by molar-refractivity contribution is -0.139. The summed E-state index contributed by atoms with van der Waals surface area (Å²) < 4.78 is 11.0. The maximum absolute atomic E-state index is 11.7. The van der Waals surface area contributed by atoms with Gasteiger partial charge in [-0.15, -0.1) is 0 Å². The van der Waals surface area contributed by atoms with Gasteiger partial charge in [0.2, 0.25) is 5.91 Å². The topological polar surface area (TPSA) is 73.6 Å². The third-order valence-electron chi connectivity index (χ3n) is 3.13. The van der Waals surface area contributed by atoms with Crippen molar-refractivity contribution in [2.45, 2.75) is 52.0 Å². The van der Waals surface area contributed by atoms with Crippen molar-refractivity contribution in [1.82, 2.24) is 5.32 Å². The first-order valence-electron chi connectivity index (χ1n) is 6.20. The second-order valence-electron chi connectivity index (χ2n) is 5.11. The number of hydrogen-bond acceptors (Lipinski definition) is 4. The minimum Gasteiger partial charge on any atom is -0.352 e. The molecule has 0 radical (unpaired) electrons. The fourth-order valence-electron chi connectivity index (χ4n) is 1.71. The monoisotopic (exact) mass is 244 g/mol. The Balaban J connectivity index is 2.29. The van der Waals surface area contributed by atoms with Gasteiger partial charge < -0.3 is 20.5 Å². The van der Waals surface area contributed by atoms with Gasteiger partial charge in [-0.05, 0) is 19.8 Å². The molecule has 1 amide bonds. The molecule has 1 fully saturated rings. The molecule has 1 heterocycles. The van der Waals surface area contributed by atoms with Crippen molar-refractivity contribution in [3.8, 4) is 0 Å². The standard InChI is InChI=1S/C12H24N2O3/c1-5-8(2)10(13)11(15)14-6-9-7-16-12(3,4)17-9/h8-10H,5-7,13H2,1-4H3,(H,14,15)/t8-,9?,10-/m0/s1. The second-order valence-corrected chi connectivity index (χ2v) is 5.11. The normalized spacial score (nSPS) is 26.5. The van der Waals surface area contributed by atoms with Gasteiger partial charge in [0.15, 0.2) is 5.79 Å². The van der Waals surface area contributed by atoms with Crippen LogP contribution in [0.15, 0.2) is 0 Å². The van der Waals surface area contributed by atoms with Crippen LogP contribution in [-0.4, -0.2) is 37.0 Å². The van der Waals surface area contributed by atoms with Crippen LogP contribution in [0.5, 0.6) is 0 Å². The van der Waals surface area contributed by atoms with E-state index in [1.54, 1.807) is 0 Å². The van der Waals surface area contributed by atoms with E-state index in [1.807, 2.05) is 27.7 Å². The van der Waals surface area contributed by atoms with Gasteiger partial charge in [0, 0.05) is 6.54 Å². The first-order valence-corrected chi connectivity index (χ1v) is 6.20. The van der Waals surface area contributed by atoms with Crippen molar-refractivity contribution < 1.29 is 14.3 Å². The fraction of sp³-hybridized carbons (Fsp3) is 0.917. The van der Waals surface area contributed by atoms with E-state index < -0.39 is 11.8 Å². The zero-order valence-electron chi connectivity index (χ0n) is 11.2. The molecule has 1 unspecified atom stereocenters. The minimum absolute atomic E-state index is 0.0851. The predicted molar refractivity (Wildman–Crippen MR) is 65.3 cm³/mol. The van der Waals surface area contributed by atoms with E-state index in [4.69, 9.17) is 15.2 Å². The van der Waals surface area contributed by atoms with Crippen LogP contribution in [0.4, 0.5) is 0 Å². The van der Waals surface area contributed by atoms with E-state index in [0.29, 0.717) is 13.2 Å². The van der Waals surface area contributed by atoms with Gasteiger partial charge in [-0.25, -0.2) is 0 Å². The molecule has 3 atom stereocenters. The Morgan fingerprint density at radius 3 is 2.71 bits per heavy atom. The molecular formula is C12H24N2O3. The lowest BCUT2D eigenvalue weighted by Crippen LogP contribution is -2.47. The zero-order chi connectivity index (χ0) is 13.1. The largest absolute Gasteiger partial charge is 0.352 e. The third-order valence-corrected chi connectivity index (χ3v) is 3.13. The molecule has 0 saturated carbocycles. The average molecular weight is 244 g/mol. The summed E-state index contributed by atoms with van der Waals surface area (Å²) >= 11 is 0. The molecule has 1 aliphatic rings. The van der Waals surface area contributed by atoms with Crippen molar-refractivity contribution in [1.29, 1.82) is 0 Å². The highest BCUT2D eigenvalue weighted by molar-refractivity contribution is 5.81. The molecule has 0 aliphatic carbocycles. The van der Waals surface area contributed by atoms with E-state index in [-0.39, 0.29) is 17.9 Å². The molecule has 5 heteroatoms. The molecular weight excluding hydrogens is 220 g/mol. The summed E-state index contributed by atoms with van der Waals surface area (Å²) in [6.07, 6.45) is 0.808. The number of nitrogens with one attached hydrogen (secondary N) is 1. The summed E-state index contributed by atoms with van der Waals surface area (Å²) in [6, 6.07) is -0.449. The maximum atomic E-state index is 11.7. The van der Waals surface area contributed by atoms with Crippen molar-refractivity contribution in [3.05, 3.63) is 0 Å². The van der Waals surface area contributed by atoms with E-state index in [0.717, 1.165) is 6.42 Å². The molecule has 0 aromatic carbocycles. The number of carbonyl (C=O) groups is 1. The van der Waals surface area contributed by atoms with Crippen molar-refractivity contribution in [2.24, 2.45) is 11.7 Å². The Labute approximate surface area is 103 Å². The first kappa shape index (κ1) is 14.4. The van der Waals surface area contributed by atoms with Gasteiger partial charge in [0.05, 0.1) is 12.6 Å². The molecule has 1 saturated heterocycles. The quantitative estimate of drug-likeness (QED) is 0.744. The summed E-state index contributed by atoms with van der Waals surface area (Å²) in [6.45, 7) is 8.68. The van der Waals surface area contributed by atoms with Gasteiger partial charge in [-0.3, -0.25) is 4.79 Å². The van der Waals surface area contributed by atoms with Gasteiger partial charge in [0.25, 0.3) is 0 Å². The highest BCUT2D eigenvalue weighted by atomic mass is 16.7. The molecule has 0 bridgehead atoms. The van der Waals surface area contributed by atoms with Crippen LogP contribution in [0.3, 0.4) is 0 Å². The first-order chi connectivity index (χ1) is 7.85. The lowest BCUT2D eigenvalue weighted by Gasteiger charge is -2.20. The number of carbonyl (C=O) groups excluding carboxylic acids is 1. The lowest BCUT2D eigenvalue weighted by atomic mass is 9.99. The summed E-state index contributed by atoms with van der Waals surface area (Å²) in [5, 5.41) is 2.81. The van der Waals surface area contributed by atoms with Crippen LogP contribution in [0.1, 0.15) is 34.1 Å². The summed E-state index contributed by atoms with van der Waals surface area (Å²) in [5.74, 6) is -0.478. The Morgan fingerprint density at radius 2 is 2.24 bits per heavy atom.